The summed E-state index contributed by atoms with van der Waals surface area (Å²) in [7, 11) is 0. The lowest BCUT2D eigenvalue weighted by atomic mass is 10.1. The molecule has 116 valence electrons. The SMILES string of the molecule is O=C(Nc1nccs1)c1cccc2cnc(-c3cccnc3)nc12. The molecule has 1 amide bonds. The fraction of sp³-hybridized carbons (Fsp3) is 0. The average Bonchev–Trinajstić information content (AvgIpc) is 3.14. The average molecular weight is 333 g/mol. The topological polar surface area (TPSA) is 80.7 Å². The molecular formula is C17H11N5OS. The number of anilines is 1. The number of benzene rings is 1. The molecule has 3 aromatic heterocycles. The van der Waals surface area contributed by atoms with Crippen molar-refractivity contribution in [3.8, 4) is 11.4 Å². The fourth-order valence-electron chi connectivity index (χ4n) is 2.32. The van der Waals surface area contributed by atoms with E-state index in [1.54, 1.807) is 36.2 Å². The van der Waals surface area contributed by atoms with E-state index in [1.807, 2.05) is 24.3 Å². The molecule has 6 nitrogen and oxygen atoms in total. The molecular weight excluding hydrogens is 322 g/mol. The number of carbonyl (C=O) groups is 1. The number of para-hydroxylation sites is 1. The molecule has 0 spiro atoms. The molecule has 0 atom stereocenters. The van der Waals surface area contributed by atoms with Crippen LogP contribution in [0.2, 0.25) is 0 Å². The molecule has 24 heavy (non-hydrogen) atoms. The number of rotatable bonds is 3. The van der Waals surface area contributed by atoms with Crippen molar-refractivity contribution in [2.45, 2.75) is 0 Å². The van der Waals surface area contributed by atoms with Gasteiger partial charge in [0.25, 0.3) is 5.91 Å². The maximum atomic E-state index is 12.6. The van der Waals surface area contributed by atoms with Crippen molar-refractivity contribution in [3.05, 3.63) is 66.1 Å². The highest BCUT2D eigenvalue weighted by Gasteiger charge is 2.14. The number of hydrogen-bond acceptors (Lipinski definition) is 6. The minimum Gasteiger partial charge on any atom is -0.298 e. The van der Waals surface area contributed by atoms with Crippen molar-refractivity contribution in [1.82, 2.24) is 19.9 Å². The summed E-state index contributed by atoms with van der Waals surface area (Å²) in [6.07, 6.45) is 6.74. The Morgan fingerprint density at radius 1 is 1.04 bits per heavy atom. The van der Waals surface area contributed by atoms with E-state index in [9.17, 15) is 4.79 Å². The van der Waals surface area contributed by atoms with Crippen LogP contribution in [0, 0.1) is 0 Å². The molecule has 1 aromatic carbocycles. The van der Waals surface area contributed by atoms with Gasteiger partial charge < -0.3 is 0 Å². The molecule has 0 fully saturated rings. The van der Waals surface area contributed by atoms with Crippen molar-refractivity contribution in [3.63, 3.8) is 0 Å². The summed E-state index contributed by atoms with van der Waals surface area (Å²) in [4.78, 5) is 29.6. The van der Waals surface area contributed by atoms with Gasteiger partial charge in [-0.15, -0.1) is 11.3 Å². The maximum Gasteiger partial charge on any atom is 0.259 e. The van der Waals surface area contributed by atoms with Crippen LogP contribution in [0.25, 0.3) is 22.3 Å². The second kappa shape index (κ2) is 6.13. The zero-order valence-corrected chi connectivity index (χ0v) is 13.2. The van der Waals surface area contributed by atoms with Crippen LogP contribution in [0.15, 0.2) is 60.5 Å². The Bertz CT molecular complexity index is 1000. The maximum absolute atomic E-state index is 12.6. The molecule has 0 aliphatic rings. The molecule has 1 N–H and O–H groups in total. The van der Waals surface area contributed by atoms with Crippen LogP contribution in [0.3, 0.4) is 0 Å². The van der Waals surface area contributed by atoms with Crippen LogP contribution in [-0.4, -0.2) is 25.8 Å². The van der Waals surface area contributed by atoms with Crippen LogP contribution in [0.1, 0.15) is 10.4 Å². The van der Waals surface area contributed by atoms with Gasteiger partial charge in [0, 0.05) is 41.1 Å². The number of fused-ring (bicyclic) bond motifs is 1. The Morgan fingerprint density at radius 3 is 2.79 bits per heavy atom. The summed E-state index contributed by atoms with van der Waals surface area (Å²) in [6.45, 7) is 0. The van der Waals surface area contributed by atoms with Crippen LogP contribution in [0.5, 0.6) is 0 Å². The summed E-state index contributed by atoms with van der Waals surface area (Å²) in [5.41, 5.74) is 1.88. The van der Waals surface area contributed by atoms with E-state index in [4.69, 9.17) is 0 Å². The fourth-order valence-corrected chi connectivity index (χ4v) is 2.85. The Labute approximate surface area is 141 Å². The van der Waals surface area contributed by atoms with E-state index < -0.39 is 0 Å². The highest BCUT2D eigenvalue weighted by Crippen LogP contribution is 2.22. The third-order valence-corrected chi connectivity index (χ3v) is 4.12. The van der Waals surface area contributed by atoms with E-state index in [0.29, 0.717) is 22.0 Å². The van der Waals surface area contributed by atoms with Gasteiger partial charge in [-0.3, -0.25) is 15.1 Å². The lowest BCUT2D eigenvalue weighted by Crippen LogP contribution is -2.12. The smallest absolute Gasteiger partial charge is 0.259 e. The Kier molecular flexibility index (Phi) is 3.68. The van der Waals surface area contributed by atoms with Crippen molar-refractivity contribution >= 4 is 33.3 Å². The van der Waals surface area contributed by atoms with Crippen molar-refractivity contribution in [1.29, 1.82) is 0 Å². The Morgan fingerprint density at radius 2 is 2.00 bits per heavy atom. The molecule has 0 bridgehead atoms. The minimum atomic E-state index is -0.244. The first-order chi connectivity index (χ1) is 11.8. The lowest BCUT2D eigenvalue weighted by Gasteiger charge is -2.07. The van der Waals surface area contributed by atoms with E-state index in [-0.39, 0.29) is 5.91 Å². The summed E-state index contributed by atoms with van der Waals surface area (Å²) in [6, 6.07) is 9.14. The van der Waals surface area contributed by atoms with E-state index in [0.717, 1.165) is 10.9 Å². The predicted octanol–water partition coefficient (Wildman–Crippen LogP) is 3.40. The number of pyridine rings is 1. The van der Waals surface area contributed by atoms with Gasteiger partial charge in [0.05, 0.1) is 11.1 Å². The highest BCUT2D eigenvalue weighted by atomic mass is 32.1. The number of carbonyl (C=O) groups excluding carboxylic acids is 1. The molecule has 4 aromatic rings. The Hall–Kier alpha value is -3.19. The molecule has 0 saturated carbocycles. The molecule has 0 aliphatic carbocycles. The number of aromatic nitrogens is 4. The number of thiazole rings is 1. The van der Waals surface area contributed by atoms with E-state index >= 15 is 0 Å². The van der Waals surface area contributed by atoms with Gasteiger partial charge >= 0.3 is 0 Å². The zero-order chi connectivity index (χ0) is 16.4. The van der Waals surface area contributed by atoms with Gasteiger partial charge in [0.1, 0.15) is 0 Å². The quantitative estimate of drug-likeness (QED) is 0.621. The second-order valence-electron chi connectivity index (χ2n) is 4.97. The van der Waals surface area contributed by atoms with Gasteiger partial charge in [0.15, 0.2) is 11.0 Å². The van der Waals surface area contributed by atoms with E-state index in [1.165, 1.54) is 11.3 Å². The van der Waals surface area contributed by atoms with Crippen LogP contribution in [-0.2, 0) is 0 Å². The normalized spacial score (nSPS) is 10.7. The standard InChI is InChI=1S/C17H11N5OS/c23-16(22-17-19-7-8-24-17)13-5-1-3-11-10-20-15(21-14(11)13)12-4-2-6-18-9-12/h1-10H,(H,19,22,23). The Balaban J connectivity index is 1.79. The number of amides is 1. The zero-order valence-electron chi connectivity index (χ0n) is 12.4. The monoisotopic (exact) mass is 333 g/mol. The summed E-state index contributed by atoms with van der Waals surface area (Å²) in [5, 5.41) is 5.95. The first kappa shape index (κ1) is 14.4. The van der Waals surface area contributed by atoms with Gasteiger partial charge in [-0.2, -0.15) is 0 Å². The van der Waals surface area contributed by atoms with E-state index in [2.05, 4.69) is 25.3 Å². The minimum absolute atomic E-state index is 0.244. The first-order valence-corrected chi connectivity index (χ1v) is 8.06. The van der Waals surface area contributed by atoms with Gasteiger partial charge in [-0.05, 0) is 18.2 Å². The second-order valence-corrected chi connectivity index (χ2v) is 5.86. The molecule has 0 radical (unpaired) electrons. The molecule has 0 aliphatic heterocycles. The largest absolute Gasteiger partial charge is 0.298 e. The summed E-state index contributed by atoms with van der Waals surface area (Å²) < 4.78 is 0. The molecule has 7 heteroatoms. The van der Waals surface area contributed by atoms with Crippen molar-refractivity contribution in [2.75, 3.05) is 5.32 Å². The molecule has 0 saturated heterocycles. The molecule has 4 rings (SSSR count). The third-order valence-electron chi connectivity index (χ3n) is 3.43. The van der Waals surface area contributed by atoms with Gasteiger partial charge in [-0.25, -0.2) is 15.0 Å². The van der Waals surface area contributed by atoms with Crippen LogP contribution in [0.4, 0.5) is 5.13 Å². The number of nitrogens with zero attached hydrogens (tertiary/aromatic N) is 4. The summed E-state index contributed by atoms with van der Waals surface area (Å²) in [5.74, 6) is 0.288. The first-order valence-electron chi connectivity index (χ1n) is 7.18. The van der Waals surface area contributed by atoms with Crippen LogP contribution >= 0.6 is 11.3 Å². The number of hydrogen-bond donors (Lipinski definition) is 1. The highest BCUT2D eigenvalue weighted by molar-refractivity contribution is 7.13. The van der Waals surface area contributed by atoms with Gasteiger partial charge in [0.2, 0.25) is 0 Å². The molecule has 0 unspecified atom stereocenters. The molecule has 3 heterocycles. The van der Waals surface area contributed by atoms with Crippen molar-refractivity contribution in [2.24, 2.45) is 0 Å². The van der Waals surface area contributed by atoms with Crippen LogP contribution < -0.4 is 5.32 Å². The third kappa shape index (κ3) is 2.72. The summed E-state index contributed by atoms with van der Waals surface area (Å²) >= 11 is 1.37. The van der Waals surface area contributed by atoms with Crippen molar-refractivity contribution < 1.29 is 4.79 Å². The predicted molar refractivity (Wildman–Crippen MR) is 92.8 cm³/mol. The van der Waals surface area contributed by atoms with Gasteiger partial charge in [-0.1, -0.05) is 12.1 Å². The number of nitrogens with one attached hydrogen (secondary N) is 1. The lowest BCUT2D eigenvalue weighted by molar-refractivity contribution is 0.102.